The van der Waals surface area contributed by atoms with E-state index in [1.807, 2.05) is 20.8 Å². The summed E-state index contributed by atoms with van der Waals surface area (Å²) in [5.74, 6) is 0.513. The fourth-order valence-electron chi connectivity index (χ4n) is 2.33. The Morgan fingerprint density at radius 2 is 1.88 bits per heavy atom. The lowest BCUT2D eigenvalue weighted by Gasteiger charge is -2.35. The predicted octanol–water partition coefficient (Wildman–Crippen LogP) is 4.75. The first-order valence-corrected chi connectivity index (χ1v) is 9.74. The van der Waals surface area contributed by atoms with Gasteiger partial charge >= 0.3 is 0 Å². The molecule has 1 aliphatic rings. The quantitative estimate of drug-likeness (QED) is 0.749. The lowest BCUT2D eigenvalue weighted by molar-refractivity contribution is 0.279. The number of nitrogens with one attached hydrogen (secondary N) is 1. The zero-order valence-corrected chi connectivity index (χ0v) is 16.4. The summed E-state index contributed by atoms with van der Waals surface area (Å²) >= 11 is -1.21. The molecule has 3 nitrogen and oxygen atoms in total. The van der Waals surface area contributed by atoms with Gasteiger partial charge in [0, 0.05) is 11.4 Å². The lowest BCUT2D eigenvalue weighted by atomic mass is 9.83. The molecule has 1 aromatic rings. The van der Waals surface area contributed by atoms with E-state index in [9.17, 15) is 8.94 Å². The van der Waals surface area contributed by atoms with Crippen molar-refractivity contribution in [3.05, 3.63) is 29.6 Å². The summed E-state index contributed by atoms with van der Waals surface area (Å²) in [4.78, 5) is 0. The second kappa shape index (κ2) is 7.22. The van der Waals surface area contributed by atoms with E-state index in [0.29, 0.717) is 12.5 Å². The topological polar surface area (TPSA) is 44.3 Å². The Kier molecular flexibility index (Phi) is 5.88. The Morgan fingerprint density at radius 1 is 1.25 bits per heavy atom. The Hall–Kier alpha value is -0.780. The largest absolute Gasteiger partial charge is 0.598 e. The summed E-state index contributed by atoms with van der Waals surface area (Å²) < 4.78 is 35.1. The van der Waals surface area contributed by atoms with E-state index in [1.165, 1.54) is 6.07 Å². The van der Waals surface area contributed by atoms with Crippen LogP contribution in [0.15, 0.2) is 18.2 Å². The fraction of sp³-hybridized carbons (Fsp3) is 0.684. The molecule has 1 unspecified atom stereocenters. The minimum atomic E-state index is -1.21. The molecule has 0 saturated heterocycles. The van der Waals surface area contributed by atoms with Crippen molar-refractivity contribution >= 4 is 11.4 Å². The molecule has 5 heteroatoms. The van der Waals surface area contributed by atoms with Crippen LogP contribution in [0.3, 0.4) is 0 Å². The summed E-state index contributed by atoms with van der Waals surface area (Å²) in [7, 11) is 0. The van der Waals surface area contributed by atoms with Gasteiger partial charge in [0.2, 0.25) is 0 Å². The van der Waals surface area contributed by atoms with Gasteiger partial charge in [0.1, 0.15) is 4.75 Å². The van der Waals surface area contributed by atoms with Crippen LogP contribution in [0.5, 0.6) is 5.75 Å². The van der Waals surface area contributed by atoms with E-state index in [-0.39, 0.29) is 27.8 Å². The minimum absolute atomic E-state index is 0.165. The van der Waals surface area contributed by atoms with Gasteiger partial charge in [-0.25, -0.2) is 4.39 Å². The Labute approximate surface area is 148 Å². The Morgan fingerprint density at radius 3 is 2.38 bits per heavy atom. The molecule has 0 amide bonds. The molecule has 1 fully saturated rings. The molecule has 1 saturated carbocycles. The second-order valence-electron chi connectivity index (χ2n) is 8.74. The van der Waals surface area contributed by atoms with Crippen molar-refractivity contribution in [3.63, 3.8) is 0 Å². The SMILES string of the molecule is CC(C)(C)C(N[S@@+]([O-])C(C)(C)C)c1ccc(F)c(OCC2CC2)c1. The van der Waals surface area contributed by atoms with Crippen LogP contribution in [-0.2, 0) is 11.4 Å². The van der Waals surface area contributed by atoms with Crippen molar-refractivity contribution in [2.45, 2.75) is 65.2 Å². The number of ether oxygens (including phenoxy) is 1. The average molecular weight is 356 g/mol. The summed E-state index contributed by atoms with van der Waals surface area (Å²) in [6, 6.07) is 4.78. The van der Waals surface area contributed by atoms with Crippen molar-refractivity contribution in [2.24, 2.45) is 11.3 Å². The molecule has 1 N–H and O–H groups in total. The minimum Gasteiger partial charge on any atom is -0.598 e. The smallest absolute Gasteiger partial charge is 0.165 e. The van der Waals surface area contributed by atoms with E-state index in [1.54, 1.807) is 12.1 Å². The average Bonchev–Trinajstić information content (AvgIpc) is 3.25. The molecular weight excluding hydrogens is 325 g/mol. The van der Waals surface area contributed by atoms with Gasteiger partial charge in [-0.1, -0.05) is 26.8 Å². The van der Waals surface area contributed by atoms with Crippen molar-refractivity contribution < 1.29 is 13.7 Å². The van der Waals surface area contributed by atoms with Crippen LogP contribution in [0.4, 0.5) is 4.39 Å². The van der Waals surface area contributed by atoms with E-state index in [0.717, 1.165) is 18.4 Å². The maximum Gasteiger partial charge on any atom is 0.165 e. The summed E-state index contributed by atoms with van der Waals surface area (Å²) in [6.07, 6.45) is 2.33. The third kappa shape index (κ3) is 5.36. The summed E-state index contributed by atoms with van der Waals surface area (Å²) in [5, 5.41) is 0. The van der Waals surface area contributed by atoms with Gasteiger partial charge in [-0.2, -0.15) is 0 Å². The van der Waals surface area contributed by atoms with Crippen molar-refractivity contribution in [3.8, 4) is 5.75 Å². The Bertz CT molecular complexity index is 561. The lowest BCUT2D eigenvalue weighted by Crippen LogP contribution is -2.44. The van der Waals surface area contributed by atoms with Gasteiger partial charge in [0.25, 0.3) is 0 Å². The summed E-state index contributed by atoms with van der Waals surface area (Å²) in [5.41, 5.74) is 0.722. The van der Waals surface area contributed by atoms with Gasteiger partial charge in [0.15, 0.2) is 11.6 Å². The second-order valence-corrected chi connectivity index (χ2v) is 10.7. The van der Waals surface area contributed by atoms with E-state index >= 15 is 0 Å². The molecule has 1 aliphatic carbocycles. The van der Waals surface area contributed by atoms with Crippen LogP contribution in [0.2, 0.25) is 0 Å². The molecule has 0 radical (unpaired) electrons. The third-order valence-electron chi connectivity index (χ3n) is 4.11. The van der Waals surface area contributed by atoms with Crippen LogP contribution in [-0.4, -0.2) is 15.9 Å². The molecular formula is C19H30FNO2S. The molecule has 1 aromatic carbocycles. The highest BCUT2D eigenvalue weighted by molar-refractivity contribution is 7.90. The molecule has 0 spiro atoms. The molecule has 0 bridgehead atoms. The molecule has 0 aromatic heterocycles. The number of hydrogen-bond donors (Lipinski definition) is 1. The highest BCUT2D eigenvalue weighted by atomic mass is 32.2. The highest BCUT2D eigenvalue weighted by Crippen LogP contribution is 2.37. The van der Waals surface area contributed by atoms with E-state index < -0.39 is 11.4 Å². The van der Waals surface area contributed by atoms with Crippen LogP contribution in [0, 0.1) is 17.2 Å². The molecule has 2 rings (SSSR count). The first-order valence-electron chi connectivity index (χ1n) is 8.59. The molecule has 0 aliphatic heterocycles. The molecule has 0 heterocycles. The van der Waals surface area contributed by atoms with Gasteiger partial charge in [0.05, 0.1) is 12.6 Å². The monoisotopic (exact) mass is 355 g/mol. The van der Waals surface area contributed by atoms with Gasteiger partial charge in [-0.15, -0.1) is 4.72 Å². The normalized spacial score (nSPS) is 18.3. The predicted molar refractivity (Wildman–Crippen MR) is 97.8 cm³/mol. The molecule has 136 valence electrons. The summed E-state index contributed by atoms with van der Waals surface area (Å²) in [6.45, 7) is 12.6. The number of hydrogen-bond acceptors (Lipinski definition) is 3. The van der Waals surface area contributed by atoms with Crippen molar-refractivity contribution in [2.75, 3.05) is 6.61 Å². The standard InChI is InChI=1S/C19H30FNO2S/c1-18(2,3)17(21-24(22)19(4,5)6)14-9-10-15(20)16(11-14)23-12-13-7-8-13/h9-11,13,17,21H,7-8,12H2,1-6H3/t17?,24-/m0/s1. The van der Waals surface area contributed by atoms with Crippen LogP contribution in [0.25, 0.3) is 0 Å². The number of benzene rings is 1. The zero-order valence-electron chi connectivity index (χ0n) is 15.6. The third-order valence-corrected chi connectivity index (χ3v) is 5.67. The highest BCUT2D eigenvalue weighted by Gasteiger charge is 2.35. The first-order chi connectivity index (χ1) is 11.0. The van der Waals surface area contributed by atoms with E-state index in [2.05, 4.69) is 25.5 Å². The zero-order chi connectivity index (χ0) is 18.1. The van der Waals surface area contributed by atoms with Crippen LogP contribution in [0.1, 0.15) is 66.0 Å². The number of rotatable bonds is 6. The van der Waals surface area contributed by atoms with Crippen LogP contribution >= 0.6 is 0 Å². The fourth-order valence-corrected chi connectivity index (χ4v) is 3.39. The van der Waals surface area contributed by atoms with Crippen molar-refractivity contribution in [1.29, 1.82) is 0 Å². The first kappa shape index (κ1) is 19.5. The molecule has 2 atom stereocenters. The van der Waals surface area contributed by atoms with Gasteiger partial charge in [-0.05, 0) is 62.6 Å². The van der Waals surface area contributed by atoms with Gasteiger partial charge in [-0.3, -0.25) is 0 Å². The molecule has 24 heavy (non-hydrogen) atoms. The van der Waals surface area contributed by atoms with Crippen molar-refractivity contribution in [1.82, 2.24) is 4.72 Å². The number of halogens is 1. The van der Waals surface area contributed by atoms with Gasteiger partial charge < -0.3 is 9.29 Å². The van der Waals surface area contributed by atoms with Crippen LogP contribution < -0.4 is 9.46 Å². The van der Waals surface area contributed by atoms with E-state index in [4.69, 9.17) is 4.74 Å². The maximum atomic E-state index is 14.0. The maximum absolute atomic E-state index is 14.0. The Balaban J connectivity index is 2.23.